The summed E-state index contributed by atoms with van der Waals surface area (Å²) in [5.41, 5.74) is 0. The Balaban J connectivity index is 1.94. The molecule has 0 amide bonds. The lowest BCUT2D eigenvalue weighted by Gasteiger charge is -2.22. The molecule has 0 bridgehead atoms. The molecule has 2 heteroatoms. The van der Waals surface area contributed by atoms with E-state index >= 15 is 0 Å². The predicted octanol–water partition coefficient (Wildman–Crippen LogP) is 2.50. The summed E-state index contributed by atoms with van der Waals surface area (Å²) in [5, 5.41) is 3.33. The topological polar surface area (TPSA) is 21.3 Å². The minimum absolute atomic E-state index is 0.393. The van der Waals surface area contributed by atoms with Crippen LogP contribution in [0.4, 0.5) is 0 Å². The van der Waals surface area contributed by atoms with E-state index in [1.165, 1.54) is 32.1 Å². The molecular weight excluding hydrogens is 174 g/mol. The molecule has 1 unspecified atom stereocenters. The van der Waals surface area contributed by atoms with Crippen molar-refractivity contribution in [1.29, 1.82) is 0 Å². The first kappa shape index (κ1) is 11.7. The SMILES string of the molecule is C=CC(C)NCCOC1CCCCC1. The smallest absolute Gasteiger partial charge is 0.0594 e. The van der Waals surface area contributed by atoms with Gasteiger partial charge in [0.25, 0.3) is 0 Å². The van der Waals surface area contributed by atoms with Crippen LogP contribution >= 0.6 is 0 Å². The monoisotopic (exact) mass is 197 g/mol. The van der Waals surface area contributed by atoms with Gasteiger partial charge in [-0.15, -0.1) is 6.58 Å². The van der Waals surface area contributed by atoms with Crippen molar-refractivity contribution in [3.63, 3.8) is 0 Å². The molecule has 1 aliphatic rings. The summed E-state index contributed by atoms with van der Waals surface area (Å²) in [4.78, 5) is 0. The van der Waals surface area contributed by atoms with Crippen LogP contribution < -0.4 is 5.32 Å². The summed E-state index contributed by atoms with van der Waals surface area (Å²) in [7, 11) is 0. The van der Waals surface area contributed by atoms with Crippen LogP contribution in [0.3, 0.4) is 0 Å². The highest BCUT2D eigenvalue weighted by atomic mass is 16.5. The lowest BCUT2D eigenvalue weighted by atomic mass is 9.98. The molecule has 1 N–H and O–H groups in total. The van der Waals surface area contributed by atoms with E-state index < -0.39 is 0 Å². The Morgan fingerprint density at radius 2 is 2.14 bits per heavy atom. The predicted molar refractivity (Wildman–Crippen MR) is 60.5 cm³/mol. The fourth-order valence-corrected chi connectivity index (χ4v) is 1.83. The van der Waals surface area contributed by atoms with Crippen molar-refractivity contribution in [3.8, 4) is 0 Å². The van der Waals surface area contributed by atoms with Gasteiger partial charge in [-0.25, -0.2) is 0 Å². The van der Waals surface area contributed by atoms with Gasteiger partial charge in [0.15, 0.2) is 0 Å². The summed E-state index contributed by atoms with van der Waals surface area (Å²) in [6, 6.07) is 0.393. The van der Waals surface area contributed by atoms with E-state index in [1.54, 1.807) is 0 Å². The third-order valence-electron chi connectivity index (χ3n) is 2.83. The highest BCUT2D eigenvalue weighted by Crippen LogP contribution is 2.19. The van der Waals surface area contributed by atoms with Crippen molar-refractivity contribution in [2.45, 2.75) is 51.2 Å². The van der Waals surface area contributed by atoms with Gasteiger partial charge in [0.2, 0.25) is 0 Å². The van der Waals surface area contributed by atoms with E-state index in [2.05, 4.69) is 18.8 Å². The molecule has 0 aliphatic heterocycles. The second-order valence-electron chi connectivity index (χ2n) is 4.11. The van der Waals surface area contributed by atoms with Crippen molar-refractivity contribution in [2.75, 3.05) is 13.2 Å². The van der Waals surface area contributed by atoms with Gasteiger partial charge in [0.1, 0.15) is 0 Å². The lowest BCUT2D eigenvalue weighted by Crippen LogP contribution is -2.29. The Hall–Kier alpha value is -0.340. The number of nitrogens with one attached hydrogen (secondary N) is 1. The van der Waals surface area contributed by atoms with Gasteiger partial charge in [-0.1, -0.05) is 25.3 Å². The lowest BCUT2D eigenvalue weighted by molar-refractivity contribution is 0.0299. The van der Waals surface area contributed by atoms with Gasteiger partial charge in [-0.2, -0.15) is 0 Å². The largest absolute Gasteiger partial charge is 0.377 e. The first-order chi connectivity index (χ1) is 6.83. The van der Waals surface area contributed by atoms with Gasteiger partial charge in [-0.3, -0.25) is 0 Å². The van der Waals surface area contributed by atoms with Crippen LogP contribution in [0, 0.1) is 0 Å². The Bertz CT molecular complexity index is 152. The Labute approximate surface area is 87.7 Å². The molecule has 2 nitrogen and oxygen atoms in total. The normalized spacial score (nSPS) is 20.6. The fraction of sp³-hybridized carbons (Fsp3) is 0.833. The average Bonchev–Trinajstić information content (AvgIpc) is 2.25. The van der Waals surface area contributed by atoms with Crippen molar-refractivity contribution in [2.24, 2.45) is 0 Å². The maximum Gasteiger partial charge on any atom is 0.0594 e. The average molecular weight is 197 g/mol. The van der Waals surface area contributed by atoms with Gasteiger partial charge in [0, 0.05) is 12.6 Å². The second kappa shape index (κ2) is 7.02. The molecular formula is C12H23NO. The first-order valence-corrected chi connectivity index (χ1v) is 5.80. The standard InChI is InChI=1S/C12H23NO/c1-3-11(2)13-9-10-14-12-7-5-4-6-8-12/h3,11-13H,1,4-10H2,2H3. The molecule has 1 saturated carbocycles. The number of hydrogen-bond donors (Lipinski definition) is 1. The third kappa shape index (κ3) is 4.77. The number of rotatable bonds is 6. The minimum Gasteiger partial charge on any atom is -0.377 e. The van der Waals surface area contributed by atoms with E-state index in [0.717, 1.165) is 13.2 Å². The molecule has 0 saturated heterocycles. The molecule has 1 rings (SSSR count). The van der Waals surface area contributed by atoms with Crippen LogP contribution in [-0.4, -0.2) is 25.3 Å². The van der Waals surface area contributed by atoms with Crippen LogP contribution in [0.1, 0.15) is 39.0 Å². The molecule has 14 heavy (non-hydrogen) atoms. The quantitative estimate of drug-likeness (QED) is 0.522. The summed E-state index contributed by atoms with van der Waals surface area (Å²) >= 11 is 0. The van der Waals surface area contributed by atoms with E-state index in [0.29, 0.717) is 12.1 Å². The zero-order valence-corrected chi connectivity index (χ0v) is 9.30. The maximum atomic E-state index is 5.78. The summed E-state index contributed by atoms with van der Waals surface area (Å²) in [6.07, 6.45) is 9.06. The minimum atomic E-state index is 0.393. The molecule has 1 atom stereocenters. The molecule has 0 aromatic rings. The Morgan fingerprint density at radius 3 is 2.79 bits per heavy atom. The highest BCUT2D eigenvalue weighted by molar-refractivity contribution is 4.80. The number of hydrogen-bond acceptors (Lipinski definition) is 2. The van der Waals surface area contributed by atoms with Crippen LogP contribution in [0.5, 0.6) is 0 Å². The van der Waals surface area contributed by atoms with Crippen molar-refractivity contribution >= 4 is 0 Å². The van der Waals surface area contributed by atoms with Crippen LogP contribution in [0.15, 0.2) is 12.7 Å². The zero-order valence-electron chi connectivity index (χ0n) is 9.30. The van der Waals surface area contributed by atoms with Gasteiger partial charge in [-0.05, 0) is 19.8 Å². The van der Waals surface area contributed by atoms with Crippen LogP contribution in [-0.2, 0) is 4.74 Å². The molecule has 1 aliphatic carbocycles. The van der Waals surface area contributed by atoms with Crippen LogP contribution in [0.25, 0.3) is 0 Å². The Kier molecular flexibility index (Phi) is 5.88. The summed E-state index contributed by atoms with van der Waals surface area (Å²) in [5.74, 6) is 0. The van der Waals surface area contributed by atoms with E-state index in [9.17, 15) is 0 Å². The van der Waals surface area contributed by atoms with E-state index in [1.807, 2.05) is 6.08 Å². The molecule has 0 spiro atoms. The molecule has 0 aromatic heterocycles. The third-order valence-corrected chi connectivity index (χ3v) is 2.83. The second-order valence-corrected chi connectivity index (χ2v) is 4.11. The van der Waals surface area contributed by atoms with Crippen LogP contribution in [0.2, 0.25) is 0 Å². The molecule has 0 radical (unpaired) electrons. The van der Waals surface area contributed by atoms with Gasteiger partial charge in [0.05, 0.1) is 12.7 Å². The highest BCUT2D eigenvalue weighted by Gasteiger charge is 2.12. The van der Waals surface area contributed by atoms with Crippen molar-refractivity contribution in [1.82, 2.24) is 5.32 Å². The van der Waals surface area contributed by atoms with Crippen molar-refractivity contribution < 1.29 is 4.74 Å². The Morgan fingerprint density at radius 1 is 1.43 bits per heavy atom. The van der Waals surface area contributed by atoms with Gasteiger partial charge >= 0.3 is 0 Å². The fourth-order valence-electron chi connectivity index (χ4n) is 1.83. The van der Waals surface area contributed by atoms with Crippen molar-refractivity contribution in [3.05, 3.63) is 12.7 Å². The number of ether oxygens (including phenoxy) is 1. The molecule has 0 heterocycles. The van der Waals surface area contributed by atoms with E-state index in [-0.39, 0.29) is 0 Å². The molecule has 1 fully saturated rings. The zero-order chi connectivity index (χ0) is 10.2. The molecule has 0 aromatic carbocycles. The maximum absolute atomic E-state index is 5.78. The van der Waals surface area contributed by atoms with E-state index in [4.69, 9.17) is 4.74 Å². The summed E-state index contributed by atoms with van der Waals surface area (Å²) < 4.78 is 5.78. The molecule has 82 valence electrons. The summed E-state index contributed by atoms with van der Waals surface area (Å²) in [6.45, 7) is 7.60. The van der Waals surface area contributed by atoms with Gasteiger partial charge < -0.3 is 10.1 Å². The first-order valence-electron chi connectivity index (χ1n) is 5.80.